The largest absolute Gasteiger partial charge is 0.496 e. The Labute approximate surface area is 428 Å². The first-order chi connectivity index (χ1) is 34.0. The summed E-state index contributed by atoms with van der Waals surface area (Å²) in [5.41, 5.74) is 2.62. The highest BCUT2D eigenvalue weighted by Gasteiger charge is 2.68. The lowest BCUT2D eigenvalue weighted by Gasteiger charge is -2.25. The fourth-order valence-corrected chi connectivity index (χ4v) is 9.10. The molecule has 2 aliphatic rings. The summed E-state index contributed by atoms with van der Waals surface area (Å²) in [4.78, 5) is 59.3. The number of methoxy groups -OCH3 is 2. The predicted octanol–water partition coefficient (Wildman–Crippen LogP) is 8.03. The molecule has 17 heteroatoms. The minimum Gasteiger partial charge on any atom is -0.496 e. The molecule has 0 spiro atoms. The quantitative estimate of drug-likeness (QED) is 0.0450. The normalized spacial score (nSPS) is 17.5. The van der Waals surface area contributed by atoms with Crippen LogP contribution in [0.4, 0.5) is 10.5 Å². The molecule has 1 heterocycles. The third kappa shape index (κ3) is 15.2. The monoisotopic (exact) mass is 1000 g/mol. The lowest BCUT2D eigenvalue weighted by atomic mass is 9.91. The number of likely N-dealkylation sites (N-methyl/N-ethyl adjacent to an activating group) is 1. The van der Waals surface area contributed by atoms with Crippen LogP contribution in [-0.4, -0.2) is 155 Å². The van der Waals surface area contributed by atoms with Crippen LogP contribution in [-0.2, 0) is 28.5 Å². The van der Waals surface area contributed by atoms with Crippen molar-refractivity contribution in [2.45, 2.75) is 117 Å². The molecule has 0 bridgehead atoms. The van der Waals surface area contributed by atoms with Gasteiger partial charge in [-0.3, -0.25) is 9.59 Å². The molecule has 3 unspecified atom stereocenters. The van der Waals surface area contributed by atoms with Crippen molar-refractivity contribution in [1.82, 2.24) is 30.2 Å². The van der Waals surface area contributed by atoms with E-state index in [9.17, 15) is 19.2 Å². The standard InChI is InChI=1S/C55H83N7O10/c1-15-38-21-23-41-42(33-38)55(41,51(65)71-53(4,5)6)57-50(64)43-35-45(49-46(67-13)19-16-20-47(49)68-14)62(58-43)44-24-22-39(34-40(44)37(2)3)60(11)28-17-26-59(10)27-18-29-61(12)48(63)36-70-32-31-69-30-25-56-52(66)72-54(7,8)9/h16,19-20,22-24,34-35,37-38,42H,15,17-18,21,25-33,36H2,1-14H3,(H,56,66)(H,57,64). The van der Waals surface area contributed by atoms with Gasteiger partial charge in [-0.1, -0.05) is 39.3 Å². The number of aromatic nitrogens is 2. The number of carbonyl (C=O) groups is 4. The van der Waals surface area contributed by atoms with Crippen molar-refractivity contribution in [2.75, 3.05) is 99.4 Å². The molecular formula is C55H83N7O10. The number of carbonyl (C=O) groups excluding carboxylic acids is 4. The molecule has 17 nitrogen and oxygen atoms in total. The number of amides is 3. The van der Waals surface area contributed by atoms with E-state index in [0.717, 1.165) is 74.2 Å². The van der Waals surface area contributed by atoms with Gasteiger partial charge < -0.3 is 53.8 Å². The molecule has 1 saturated carbocycles. The van der Waals surface area contributed by atoms with Crippen LogP contribution < -0.4 is 25.0 Å². The first-order valence-corrected chi connectivity index (χ1v) is 25.5. The molecular weight excluding hydrogens is 919 g/mol. The lowest BCUT2D eigenvalue weighted by molar-refractivity contribution is -0.158. The molecule has 1 aromatic heterocycles. The van der Waals surface area contributed by atoms with Gasteiger partial charge in [0.15, 0.2) is 11.2 Å². The number of benzene rings is 2. The number of fused-ring (bicyclic) bond motifs is 1. The van der Waals surface area contributed by atoms with Gasteiger partial charge in [-0.15, -0.1) is 0 Å². The van der Waals surface area contributed by atoms with Gasteiger partial charge in [0, 0.05) is 45.3 Å². The Bertz CT molecular complexity index is 2330. The van der Waals surface area contributed by atoms with E-state index in [4.69, 9.17) is 33.5 Å². The van der Waals surface area contributed by atoms with Gasteiger partial charge in [-0.25, -0.2) is 14.3 Å². The van der Waals surface area contributed by atoms with E-state index in [2.05, 4.69) is 73.5 Å². The number of nitrogens with zero attached hydrogens (tertiary/aromatic N) is 5. The number of alkyl carbamates (subject to hydrolysis) is 1. The van der Waals surface area contributed by atoms with Gasteiger partial charge in [0.25, 0.3) is 5.91 Å². The number of ether oxygens (including phenoxy) is 6. The molecule has 0 saturated heterocycles. The van der Waals surface area contributed by atoms with E-state index in [-0.39, 0.29) is 36.7 Å². The summed E-state index contributed by atoms with van der Waals surface area (Å²) < 4.78 is 35.7. The molecule has 2 aliphatic carbocycles. The van der Waals surface area contributed by atoms with Crippen molar-refractivity contribution in [3.05, 3.63) is 65.4 Å². The van der Waals surface area contributed by atoms with E-state index < -0.39 is 34.7 Å². The van der Waals surface area contributed by atoms with Crippen LogP contribution in [0.25, 0.3) is 16.9 Å². The minimum absolute atomic E-state index is 0.0218. The van der Waals surface area contributed by atoms with E-state index in [1.807, 2.05) is 45.0 Å². The van der Waals surface area contributed by atoms with Gasteiger partial charge in [0.1, 0.15) is 29.3 Å². The number of nitrogens with one attached hydrogen (secondary N) is 2. The Balaban J connectivity index is 1.21. The maximum Gasteiger partial charge on any atom is 0.407 e. The van der Waals surface area contributed by atoms with Crippen LogP contribution >= 0.6 is 0 Å². The average Bonchev–Trinajstić information content (AvgIpc) is 3.73. The number of esters is 1. The second kappa shape index (κ2) is 25.3. The van der Waals surface area contributed by atoms with Crippen molar-refractivity contribution in [3.63, 3.8) is 0 Å². The highest BCUT2D eigenvalue weighted by Crippen LogP contribution is 2.58. The van der Waals surface area contributed by atoms with Gasteiger partial charge >= 0.3 is 12.1 Å². The van der Waals surface area contributed by atoms with Crippen LogP contribution in [0.5, 0.6) is 11.5 Å². The summed E-state index contributed by atoms with van der Waals surface area (Å²) in [6, 6.07) is 13.6. The van der Waals surface area contributed by atoms with E-state index >= 15 is 0 Å². The second-order valence-electron chi connectivity index (χ2n) is 21.3. The second-order valence-corrected chi connectivity index (χ2v) is 21.3. The summed E-state index contributed by atoms with van der Waals surface area (Å²) in [6.07, 6.45) is 6.02. The molecule has 3 aromatic rings. The predicted molar refractivity (Wildman–Crippen MR) is 280 cm³/mol. The maximum absolute atomic E-state index is 14.6. The maximum atomic E-state index is 14.6. The zero-order chi connectivity index (χ0) is 53.0. The van der Waals surface area contributed by atoms with E-state index in [1.54, 1.807) is 57.7 Å². The Morgan fingerprint density at radius 1 is 0.847 bits per heavy atom. The smallest absolute Gasteiger partial charge is 0.407 e. The fraction of sp³-hybridized carbons (Fsp3) is 0.618. The highest BCUT2D eigenvalue weighted by molar-refractivity contribution is 6.03. The number of rotatable bonds is 26. The Kier molecular flexibility index (Phi) is 20.1. The van der Waals surface area contributed by atoms with Crippen molar-refractivity contribution >= 4 is 29.6 Å². The lowest BCUT2D eigenvalue weighted by Crippen LogP contribution is -2.48. The van der Waals surface area contributed by atoms with Crippen molar-refractivity contribution < 1.29 is 47.6 Å². The Morgan fingerprint density at radius 3 is 2.12 bits per heavy atom. The van der Waals surface area contributed by atoms with E-state index in [0.29, 0.717) is 55.0 Å². The Morgan fingerprint density at radius 2 is 1.50 bits per heavy atom. The molecule has 1 fully saturated rings. The summed E-state index contributed by atoms with van der Waals surface area (Å²) in [5, 5.41) is 10.8. The van der Waals surface area contributed by atoms with Gasteiger partial charge in [-0.05, 0) is 147 Å². The van der Waals surface area contributed by atoms with Crippen LogP contribution in [0.1, 0.15) is 116 Å². The number of hydrogen-bond donors (Lipinski definition) is 2. The highest BCUT2D eigenvalue weighted by atomic mass is 16.6. The summed E-state index contributed by atoms with van der Waals surface area (Å²) in [6.45, 7) is 21.7. The Hall–Kier alpha value is -5.65. The van der Waals surface area contributed by atoms with Crippen LogP contribution in [0.2, 0.25) is 0 Å². The third-order valence-electron chi connectivity index (χ3n) is 13.1. The average molecular weight is 1000 g/mol. The van der Waals surface area contributed by atoms with Crippen LogP contribution in [0.3, 0.4) is 0 Å². The SMILES string of the molecule is CCC1CC=C2C(C1)C2(NC(=O)c1cc(-c2c(OC)cccc2OC)n(-c2ccc(N(C)CCCN(C)CCCN(C)C(=O)COCCOCCNC(=O)OC(C)(C)C)cc2C(C)C)n1)C(=O)OC(C)(C)C. The number of hydrogen-bond acceptors (Lipinski definition) is 13. The summed E-state index contributed by atoms with van der Waals surface area (Å²) >= 11 is 0. The van der Waals surface area contributed by atoms with Crippen molar-refractivity contribution in [3.8, 4) is 28.4 Å². The zero-order valence-electron chi connectivity index (χ0n) is 45.6. The number of anilines is 1. The molecule has 2 N–H and O–H groups in total. The first kappa shape index (κ1) is 57.3. The summed E-state index contributed by atoms with van der Waals surface area (Å²) in [5.74, 6) is 0.466. The van der Waals surface area contributed by atoms with E-state index in [1.165, 1.54) is 0 Å². The van der Waals surface area contributed by atoms with Gasteiger partial charge in [-0.2, -0.15) is 5.10 Å². The fourth-order valence-electron chi connectivity index (χ4n) is 9.10. The van der Waals surface area contributed by atoms with Crippen molar-refractivity contribution in [1.29, 1.82) is 0 Å². The zero-order valence-corrected chi connectivity index (χ0v) is 45.6. The molecule has 5 rings (SSSR count). The third-order valence-corrected chi connectivity index (χ3v) is 13.1. The molecule has 72 heavy (non-hydrogen) atoms. The molecule has 0 aliphatic heterocycles. The molecule has 398 valence electrons. The first-order valence-electron chi connectivity index (χ1n) is 25.5. The number of allylic oxidation sites excluding steroid dienone is 1. The molecule has 3 amide bonds. The molecule has 0 radical (unpaired) electrons. The van der Waals surface area contributed by atoms with Gasteiger partial charge in [0.2, 0.25) is 5.91 Å². The molecule has 2 aromatic carbocycles. The van der Waals surface area contributed by atoms with Crippen LogP contribution in [0, 0.1) is 11.8 Å². The molecule has 3 atom stereocenters. The van der Waals surface area contributed by atoms with Crippen LogP contribution in [0.15, 0.2) is 54.1 Å². The summed E-state index contributed by atoms with van der Waals surface area (Å²) in [7, 11) is 9.18. The van der Waals surface area contributed by atoms with Gasteiger partial charge in [0.05, 0.1) is 51.0 Å². The topological polar surface area (TPSA) is 175 Å². The van der Waals surface area contributed by atoms with Crippen molar-refractivity contribution in [2.24, 2.45) is 11.8 Å². The minimum atomic E-state index is -1.25.